The van der Waals surface area contributed by atoms with Gasteiger partial charge < -0.3 is 10.4 Å². The number of nitrogens with one attached hydrogen (secondary N) is 2. The third-order valence-corrected chi connectivity index (χ3v) is 3.25. The second kappa shape index (κ2) is 6.12. The molecule has 0 radical (unpaired) electrons. The molecule has 0 aromatic carbocycles. The number of carboxylic acids is 1. The second-order valence-corrected chi connectivity index (χ2v) is 4.32. The number of hydrogen-bond donors (Lipinski definition) is 3. The lowest BCUT2D eigenvalue weighted by molar-refractivity contribution is -0.151. The minimum atomic E-state index is -1.06. The maximum atomic E-state index is 11.8. The van der Waals surface area contributed by atoms with E-state index in [0.29, 0.717) is 12.8 Å². The predicted octanol–water partition coefficient (Wildman–Crippen LogP) is 0.989. The number of carboxylic acid groups (broad SMARTS) is 1. The van der Waals surface area contributed by atoms with Crippen LogP contribution >= 0.6 is 0 Å². The fourth-order valence-corrected chi connectivity index (χ4v) is 1.79. The van der Waals surface area contributed by atoms with Crippen molar-refractivity contribution in [2.75, 3.05) is 5.32 Å². The van der Waals surface area contributed by atoms with Crippen LogP contribution in [0.1, 0.15) is 33.1 Å². The average Bonchev–Trinajstić information content (AvgIpc) is 2.38. The van der Waals surface area contributed by atoms with Gasteiger partial charge in [0, 0.05) is 12.5 Å². The lowest BCUT2D eigenvalue weighted by atomic mass is 9.79. The molecule has 7 heteroatoms. The molecule has 1 aromatic rings. The summed E-state index contributed by atoms with van der Waals surface area (Å²) in [5.41, 5.74) is -1.44. The van der Waals surface area contributed by atoms with Crippen molar-refractivity contribution < 1.29 is 14.7 Å². The minimum Gasteiger partial charge on any atom is -0.481 e. The van der Waals surface area contributed by atoms with Gasteiger partial charge >= 0.3 is 5.97 Å². The molecule has 1 aromatic heterocycles. The first-order valence-corrected chi connectivity index (χ1v) is 6.02. The molecule has 7 nitrogen and oxygen atoms in total. The van der Waals surface area contributed by atoms with Crippen molar-refractivity contribution in [2.45, 2.75) is 33.1 Å². The highest BCUT2D eigenvalue weighted by molar-refractivity contribution is 5.93. The number of aliphatic carboxylic acids is 1. The summed E-state index contributed by atoms with van der Waals surface area (Å²) in [6, 6.07) is 2.59. The number of amides is 1. The highest BCUT2D eigenvalue weighted by atomic mass is 16.4. The van der Waals surface area contributed by atoms with Gasteiger partial charge in [0.25, 0.3) is 5.56 Å². The Kier molecular flexibility index (Phi) is 4.80. The Morgan fingerprint density at radius 3 is 2.42 bits per heavy atom. The Hall–Kier alpha value is -2.18. The molecule has 0 saturated carbocycles. The molecule has 0 bridgehead atoms. The predicted molar refractivity (Wildman–Crippen MR) is 68.8 cm³/mol. The molecule has 1 amide bonds. The molecule has 0 unspecified atom stereocenters. The largest absolute Gasteiger partial charge is 0.481 e. The summed E-state index contributed by atoms with van der Waals surface area (Å²) in [7, 11) is 0. The van der Waals surface area contributed by atoms with Crippen LogP contribution in [-0.4, -0.2) is 27.2 Å². The van der Waals surface area contributed by atoms with Gasteiger partial charge in [0.2, 0.25) is 5.91 Å². The van der Waals surface area contributed by atoms with Crippen molar-refractivity contribution in [2.24, 2.45) is 5.41 Å². The van der Waals surface area contributed by atoms with E-state index in [2.05, 4.69) is 15.5 Å². The van der Waals surface area contributed by atoms with E-state index in [1.54, 1.807) is 13.8 Å². The molecule has 0 aliphatic carbocycles. The van der Waals surface area contributed by atoms with Crippen LogP contribution in [0.4, 0.5) is 5.82 Å². The molecule has 0 saturated heterocycles. The molecule has 0 aliphatic heterocycles. The molecular formula is C12H17N3O4. The van der Waals surface area contributed by atoms with Crippen molar-refractivity contribution >= 4 is 17.7 Å². The van der Waals surface area contributed by atoms with Crippen LogP contribution in [0.15, 0.2) is 16.9 Å². The van der Waals surface area contributed by atoms with E-state index in [0.717, 1.165) is 0 Å². The zero-order chi connectivity index (χ0) is 14.5. The van der Waals surface area contributed by atoms with E-state index in [-0.39, 0.29) is 17.8 Å². The summed E-state index contributed by atoms with van der Waals surface area (Å²) in [5.74, 6) is -1.23. The van der Waals surface area contributed by atoms with Crippen LogP contribution in [-0.2, 0) is 9.59 Å². The molecule has 1 heterocycles. The summed E-state index contributed by atoms with van der Waals surface area (Å²) in [6.45, 7) is 3.48. The molecule has 0 fully saturated rings. The lowest BCUT2D eigenvalue weighted by Gasteiger charge is -2.25. The first-order valence-electron chi connectivity index (χ1n) is 6.02. The van der Waals surface area contributed by atoms with Crippen LogP contribution in [0, 0.1) is 5.41 Å². The Morgan fingerprint density at radius 1 is 1.37 bits per heavy atom. The van der Waals surface area contributed by atoms with Crippen LogP contribution < -0.4 is 10.9 Å². The number of nitrogens with zero attached hydrogens (tertiary/aromatic N) is 1. The van der Waals surface area contributed by atoms with Gasteiger partial charge in [-0.3, -0.25) is 14.4 Å². The maximum Gasteiger partial charge on any atom is 0.310 e. The number of aromatic nitrogens is 2. The minimum absolute atomic E-state index is 0.129. The Morgan fingerprint density at radius 2 is 2.00 bits per heavy atom. The molecule has 1 rings (SSSR count). The third kappa shape index (κ3) is 3.64. The van der Waals surface area contributed by atoms with Gasteiger partial charge in [0.15, 0.2) is 5.82 Å². The molecular weight excluding hydrogens is 250 g/mol. The Bertz CT molecular complexity index is 499. The van der Waals surface area contributed by atoms with Crippen molar-refractivity contribution in [3.63, 3.8) is 0 Å². The van der Waals surface area contributed by atoms with Crippen LogP contribution in [0.5, 0.6) is 0 Å². The van der Waals surface area contributed by atoms with Gasteiger partial charge in [-0.25, -0.2) is 5.10 Å². The number of carbonyl (C=O) groups excluding carboxylic acids is 1. The van der Waals surface area contributed by atoms with E-state index < -0.39 is 17.3 Å². The highest BCUT2D eigenvalue weighted by Crippen LogP contribution is 2.31. The van der Waals surface area contributed by atoms with Crippen molar-refractivity contribution in [3.05, 3.63) is 22.5 Å². The van der Waals surface area contributed by atoms with E-state index in [1.807, 2.05) is 0 Å². The van der Waals surface area contributed by atoms with Gasteiger partial charge in [-0.1, -0.05) is 13.8 Å². The van der Waals surface area contributed by atoms with Crippen molar-refractivity contribution in [3.8, 4) is 0 Å². The molecule has 0 atom stereocenters. The lowest BCUT2D eigenvalue weighted by Crippen LogP contribution is -2.34. The molecule has 0 aliphatic rings. The summed E-state index contributed by atoms with van der Waals surface area (Å²) < 4.78 is 0. The molecule has 3 N–H and O–H groups in total. The highest BCUT2D eigenvalue weighted by Gasteiger charge is 2.37. The smallest absolute Gasteiger partial charge is 0.310 e. The number of anilines is 1. The Labute approximate surface area is 110 Å². The van der Waals surface area contributed by atoms with Crippen LogP contribution in [0.25, 0.3) is 0 Å². The number of H-pyrrole nitrogens is 1. The number of aromatic amines is 1. The van der Waals surface area contributed by atoms with Gasteiger partial charge in [0.1, 0.15) is 0 Å². The topological polar surface area (TPSA) is 112 Å². The number of rotatable bonds is 6. The first-order chi connectivity index (χ1) is 8.93. The standard InChI is InChI=1S/C12H17N3O4/c1-3-12(4-2,11(18)19)7-10(17)13-8-5-6-9(16)15-14-8/h5-6H,3-4,7H2,1-2H3,(H,15,16)(H,18,19)(H,13,14,17). The molecule has 19 heavy (non-hydrogen) atoms. The van der Waals surface area contributed by atoms with Crippen molar-refractivity contribution in [1.82, 2.24) is 10.2 Å². The summed E-state index contributed by atoms with van der Waals surface area (Å²) >= 11 is 0. The summed E-state index contributed by atoms with van der Waals surface area (Å²) in [5, 5.41) is 17.5. The SMILES string of the molecule is CCC(CC)(CC(=O)Nc1ccc(=O)[nH]n1)C(=O)O. The van der Waals surface area contributed by atoms with E-state index in [9.17, 15) is 19.5 Å². The second-order valence-electron chi connectivity index (χ2n) is 4.32. The third-order valence-electron chi connectivity index (χ3n) is 3.25. The van der Waals surface area contributed by atoms with Crippen LogP contribution in [0.3, 0.4) is 0 Å². The average molecular weight is 267 g/mol. The Balaban J connectivity index is 2.76. The normalized spacial score (nSPS) is 11.1. The van der Waals surface area contributed by atoms with E-state index in [1.165, 1.54) is 12.1 Å². The quantitative estimate of drug-likeness (QED) is 0.711. The fraction of sp³-hybridized carbons (Fsp3) is 0.500. The van der Waals surface area contributed by atoms with Gasteiger partial charge in [-0.2, -0.15) is 5.10 Å². The maximum absolute atomic E-state index is 11.8. The summed E-state index contributed by atoms with van der Waals surface area (Å²) in [6.07, 6.45) is 0.604. The number of hydrogen-bond acceptors (Lipinski definition) is 4. The van der Waals surface area contributed by atoms with Gasteiger partial charge in [-0.15, -0.1) is 0 Å². The van der Waals surface area contributed by atoms with Crippen molar-refractivity contribution in [1.29, 1.82) is 0 Å². The van der Waals surface area contributed by atoms with E-state index in [4.69, 9.17) is 0 Å². The zero-order valence-electron chi connectivity index (χ0n) is 10.9. The molecule has 104 valence electrons. The van der Waals surface area contributed by atoms with Gasteiger partial charge in [0.05, 0.1) is 5.41 Å². The fourth-order valence-electron chi connectivity index (χ4n) is 1.79. The summed E-state index contributed by atoms with van der Waals surface area (Å²) in [4.78, 5) is 33.9. The monoisotopic (exact) mass is 267 g/mol. The van der Waals surface area contributed by atoms with Gasteiger partial charge in [-0.05, 0) is 18.9 Å². The number of carbonyl (C=O) groups is 2. The zero-order valence-corrected chi connectivity index (χ0v) is 10.9. The molecule has 0 spiro atoms. The van der Waals surface area contributed by atoms with Crippen LogP contribution in [0.2, 0.25) is 0 Å². The first kappa shape index (κ1) is 14.9. The van der Waals surface area contributed by atoms with E-state index >= 15 is 0 Å².